The summed E-state index contributed by atoms with van der Waals surface area (Å²) in [4.78, 5) is 2.41. The Bertz CT molecular complexity index is 444. The first kappa shape index (κ1) is 23.4. The van der Waals surface area contributed by atoms with Crippen molar-refractivity contribution in [2.45, 2.75) is 19.5 Å². The van der Waals surface area contributed by atoms with Crippen molar-refractivity contribution in [1.82, 2.24) is 10.2 Å². The van der Waals surface area contributed by atoms with Crippen molar-refractivity contribution in [3.8, 4) is 5.75 Å². The number of nitrogens with one attached hydrogen (secondary N) is 1. The molecule has 0 radical (unpaired) electrons. The third-order valence-corrected chi connectivity index (χ3v) is 3.87. The largest absolute Gasteiger partial charge is 0.496 e. The molecule has 0 aromatic heterocycles. The first-order chi connectivity index (χ1) is 10.8. The van der Waals surface area contributed by atoms with Gasteiger partial charge < -0.3 is 19.5 Å². The molecule has 1 aliphatic heterocycles. The molecule has 0 saturated carbocycles. The smallest absolute Gasteiger partial charge is 0.123 e. The minimum absolute atomic E-state index is 0. The quantitative estimate of drug-likeness (QED) is 0.666. The van der Waals surface area contributed by atoms with E-state index in [0.29, 0.717) is 0 Å². The Labute approximate surface area is 157 Å². The van der Waals surface area contributed by atoms with Gasteiger partial charge in [0.25, 0.3) is 0 Å². The molecule has 0 atom stereocenters. The maximum Gasteiger partial charge on any atom is 0.123 e. The van der Waals surface area contributed by atoms with Crippen LogP contribution in [0.3, 0.4) is 0 Å². The zero-order valence-electron chi connectivity index (χ0n) is 14.6. The van der Waals surface area contributed by atoms with E-state index in [9.17, 15) is 0 Å². The molecular formula is C17H30Cl2N2O3. The van der Waals surface area contributed by atoms with E-state index in [4.69, 9.17) is 14.2 Å². The molecule has 1 aromatic carbocycles. The minimum Gasteiger partial charge on any atom is -0.496 e. The van der Waals surface area contributed by atoms with E-state index in [1.807, 2.05) is 0 Å². The third kappa shape index (κ3) is 8.01. The van der Waals surface area contributed by atoms with Crippen molar-refractivity contribution in [2.75, 3.05) is 53.7 Å². The molecule has 1 aliphatic rings. The monoisotopic (exact) mass is 380 g/mol. The van der Waals surface area contributed by atoms with Crippen LogP contribution in [-0.4, -0.2) is 58.6 Å². The maximum atomic E-state index is 5.50. The van der Waals surface area contributed by atoms with E-state index in [1.54, 1.807) is 14.2 Å². The van der Waals surface area contributed by atoms with Crippen LogP contribution in [0.15, 0.2) is 18.2 Å². The van der Waals surface area contributed by atoms with Crippen LogP contribution in [0.25, 0.3) is 0 Å². The summed E-state index contributed by atoms with van der Waals surface area (Å²) in [5.41, 5.74) is 2.54. The molecule has 5 nitrogen and oxygen atoms in total. The van der Waals surface area contributed by atoms with Crippen molar-refractivity contribution in [1.29, 1.82) is 0 Å². The molecule has 0 unspecified atom stereocenters. The van der Waals surface area contributed by atoms with Crippen molar-refractivity contribution in [2.24, 2.45) is 0 Å². The standard InChI is InChI=1S/C17H28N2O3.2ClH/c1-20-9-3-6-18-13-15-4-5-17(21-2)16(12-15)14-19-7-10-22-11-8-19;;/h4-5,12,18H,3,6-11,13-14H2,1-2H3;2*1H. The van der Waals surface area contributed by atoms with Crippen LogP contribution < -0.4 is 10.1 Å². The first-order valence-corrected chi connectivity index (χ1v) is 7.99. The first-order valence-electron chi connectivity index (χ1n) is 7.99. The van der Waals surface area contributed by atoms with Crippen LogP contribution in [0.1, 0.15) is 17.5 Å². The van der Waals surface area contributed by atoms with Crippen molar-refractivity contribution >= 4 is 24.8 Å². The average Bonchev–Trinajstić information content (AvgIpc) is 2.56. The number of hydrogen-bond acceptors (Lipinski definition) is 5. The van der Waals surface area contributed by atoms with Gasteiger partial charge in [0.1, 0.15) is 5.75 Å². The Balaban J connectivity index is 0.00000264. The number of morpholine rings is 1. The molecule has 1 fully saturated rings. The van der Waals surface area contributed by atoms with Gasteiger partial charge in [-0.15, -0.1) is 24.8 Å². The topological polar surface area (TPSA) is 43.0 Å². The predicted molar refractivity (Wildman–Crippen MR) is 102 cm³/mol. The molecule has 0 aliphatic carbocycles. The second-order valence-corrected chi connectivity index (χ2v) is 5.56. The summed E-state index contributed by atoms with van der Waals surface area (Å²) < 4.78 is 16.0. The summed E-state index contributed by atoms with van der Waals surface area (Å²) in [5.74, 6) is 0.967. The van der Waals surface area contributed by atoms with E-state index < -0.39 is 0 Å². The van der Waals surface area contributed by atoms with Crippen molar-refractivity contribution < 1.29 is 14.2 Å². The van der Waals surface area contributed by atoms with Crippen LogP contribution in [0.5, 0.6) is 5.75 Å². The fourth-order valence-corrected chi connectivity index (χ4v) is 2.64. The Hall–Kier alpha value is -0.560. The molecule has 0 amide bonds. The number of ether oxygens (including phenoxy) is 3. The van der Waals surface area contributed by atoms with Gasteiger partial charge in [-0.1, -0.05) is 6.07 Å². The summed E-state index contributed by atoms with van der Waals surface area (Å²) in [7, 11) is 3.47. The van der Waals surface area contributed by atoms with E-state index in [0.717, 1.165) is 64.7 Å². The van der Waals surface area contributed by atoms with Crippen LogP contribution in [0.4, 0.5) is 0 Å². The number of nitrogens with zero attached hydrogens (tertiary/aromatic N) is 1. The zero-order chi connectivity index (χ0) is 15.6. The molecule has 7 heteroatoms. The number of methoxy groups -OCH3 is 2. The van der Waals surface area contributed by atoms with E-state index in [2.05, 4.69) is 28.4 Å². The van der Waals surface area contributed by atoms with E-state index >= 15 is 0 Å². The molecule has 1 heterocycles. The number of benzene rings is 1. The van der Waals surface area contributed by atoms with E-state index in [-0.39, 0.29) is 24.8 Å². The zero-order valence-corrected chi connectivity index (χ0v) is 16.2. The summed E-state index contributed by atoms with van der Waals surface area (Å²) in [6.45, 7) is 7.20. The van der Waals surface area contributed by atoms with Gasteiger partial charge >= 0.3 is 0 Å². The van der Waals surface area contributed by atoms with Gasteiger partial charge in [-0.3, -0.25) is 4.90 Å². The van der Waals surface area contributed by atoms with E-state index in [1.165, 1.54) is 11.1 Å². The van der Waals surface area contributed by atoms with Crippen molar-refractivity contribution in [3.63, 3.8) is 0 Å². The van der Waals surface area contributed by atoms with Crippen LogP contribution in [0.2, 0.25) is 0 Å². The lowest BCUT2D eigenvalue weighted by atomic mass is 10.1. The van der Waals surface area contributed by atoms with Gasteiger partial charge in [0.05, 0.1) is 20.3 Å². The Morgan fingerprint density at radius 3 is 2.58 bits per heavy atom. The van der Waals surface area contributed by atoms with Gasteiger partial charge in [-0.05, 0) is 30.7 Å². The van der Waals surface area contributed by atoms with Gasteiger partial charge in [0.15, 0.2) is 0 Å². The fourth-order valence-electron chi connectivity index (χ4n) is 2.64. The molecule has 1 aromatic rings. The summed E-state index contributed by atoms with van der Waals surface area (Å²) in [6.07, 6.45) is 1.04. The highest BCUT2D eigenvalue weighted by Crippen LogP contribution is 2.22. The fraction of sp³-hybridized carbons (Fsp3) is 0.647. The van der Waals surface area contributed by atoms with Crippen molar-refractivity contribution in [3.05, 3.63) is 29.3 Å². The molecule has 0 bridgehead atoms. The third-order valence-electron chi connectivity index (χ3n) is 3.87. The van der Waals surface area contributed by atoms with Gasteiger partial charge in [0.2, 0.25) is 0 Å². The summed E-state index contributed by atoms with van der Waals surface area (Å²) in [6, 6.07) is 6.45. The molecule has 2 rings (SSSR count). The maximum absolute atomic E-state index is 5.50. The second kappa shape index (κ2) is 13.7. The Morgan fingerprint density at radius 1 is 1.17 bits per heavy atom. The minimum atomic E-state index is 0. The van der Waals surface area contributed by atoms with Gasteiger partial charge in [-0.25, -0.2) is 0 Å². The lowest BCUT2D eigenvalue weighted by Gasteiger charge is -2.27. The van der Waals surface area contributed by atoms with Crippen LogP contribution in [0, 0.1) is 0 Å². The van der Waals surface area contributed by atoms with Gasteiger partial charge in [0, 0.05) is 45.5 Å². The number of rotatable bonds is 9. The lowest BCUT2D eigenvalue weighted by Crippen LogP contribution is -2.35. The molecule has 24 heavy (non-hydrogen) atoms. The molecule has 140 valence electrons. The Morgan fingerprint density at radius 2 is 1.92 bits per heavy atom. The highest BCUT2D eigenvalue weighted by Gasteiger charge is 2.13. The highest BCUT2D eigenvalue weighted by molar-refractivity contribution is 5.85. The van der Waals surface area contributed by atoms with Crippen LogP contribution >= 0.6 is 24.8 Å². The molecule has 0 spiro atoms. The van der Waals surface area contributed by atoms with Crippen LogP contribution in [-0.2, 0) is 22.6 Å². The molecule has 1 N–H and O–H groups in total. The van der Waals surface area contributed by atoms with Gasteiger partial charge in [-0.2, -0.15) is 0 Å². The average molecular weight is 381 g/mol. The highest BCUT2D eigenvalue weighted by atomic mass is 35.5. The predicted octanol–water partition coefficient (Wildman–Crippen LogP) is 2.50. The normalized spacial score (nSPS) is 14.6. The molecule has 1 saturated heterocycles. The second-order valence-electron chi connectivity index (χ2n) is 5.56. The number of halogens is 2. The molecular weight excluding hydrogens is 351 g/mol. The summed E-state index contributed by atoms with van der Waals surface area (Å²) in [5, 5.41) is 3.45. The lowest BCUT2D eigenvalue weighted by molar-refractivity contribution is 0.0339. The Kier molecular flexibility index (Phi) is 13.4. The number of hydrogen-bond donors (Lipinski definition) is 1. The summed E-state index contributed by atoms with van der Waals surface area (Å²) >= 11 is 0. The SMILES string of the molecule is COCCCNCc1ccc(OC)c(CN2CCOCC2)c1.Cl.Cl.